The molecule has 4 rings (SSSR count). The lowest BCUT2D eigenvalue weighted by molar-refractivity contribution is -0.132. The molecule has 0 unspecified atom stereocenters. The number of likely N-dealkylation sites (tertiary alicyclic amines) is 2. The fourth-order valence-corrected chi connectivity index (χ4v) is 5.57. The second-order valence-corrected chi connectivity index (χ2v) is 12.2. The van der Waals surface area contributed by atoms with Gasteiger partial charge in [0.05, 0.1) is 6.04 Å². The van der Waals surface area contributed by atoms with Gasteiger partial charge in [-0.2, -0.15) is 13.2 Å². The topological polar surface area (TPSA) is 60.0 Å². The van der Waals surface area contributed by atoms with Gasteiger partial charge in [0.1, 0.15) is 5.84 Å². The summed E-state index contributed by atoms with van der Waals surface area (Å²) in [6, 6.07) is 9.35. The van der Waals surface area contributed by atoms with E-state index in [1.54, 1.807) is 0 Å². The zero-order valence-corrected chi connectivity index (χ0v) is 23.6. The van der Waals surface area contributed by atoms with Crippen LogP contribution in [-0.4, -0.2) is 72.5 Å². The number of carbonyl (C=O) groups excluding carboxylic acids is 1. The molecule has 0 atom stereocenters. The first-order chi connectivity index (χ1) is 18.5. The van der Waals surface area contributed by atoms with Crippen LogP contribution in [0.5, 0.6) is 0 Å². The molecular weight excluding hydrogens is 503 g/mol. The molecule has 2 N–H and O–H groups in total. The molecule has 39 heavy (non-hydrogen) atoms. The minimum atomic E-state index is -4.28. The van der Waals surface area contributed by atoms with Gasteiger partial charge in [-0.3, -0.25) is 9.79 Å². The molecule has 1 aromatic carbocycles. The monoisotopic (exact) mass is 547 g/mol. The quantitative estimate of drug-likeness (QED) is 0.449. The zero-order chi connectivity index (χ0) is 28.0. The Labute approximate surface area is 231 Å². The first-order valence-electron chi connectivity index (χ1n) is 14.4. The molecule has 216 valence electrons. The van der Waals surface area contributed by atoms with Crippen LogP contribution in [0.3, 0.4) is 0 Å². The number of amides is 1. The summed E-state index contributed by atoms with van der Waals surface area (Å²) in [5, 5.41) is 6.40. The smallest absolute Gasteiger partial charge is 0.382 e. The summed E-state index contributed by atoms with van der Waals surface area (Å²) in [4.78, 5) is 21.7. The lowest BCUT2D eigenvalue weighted by Crippen LogP contribution is -2.41. The molecule has 3 aliphatic heterocycles. The Morgan fingerprint density at radius 3 is 2.23 bits per heavy atom. The van der Waals surface area contributed by atoms with E-state index in [0.29, 0.717) is 31.4 Å². The third-order valence-corrected chi connectivity index (χ3v) is 8.14. The Balaban J connectivity index is 1.10. The highest BCUT2D eigenvalue weighted by Gasteiger charge is 2.35. The van der Waals surface area contributed by atoms with E-state index < -0.39 is 11.7 Å². The predicted molar refractivity (Wildman–Crippen MR) is 151 cm³/mol. The Hall–Kier alpha value is -2.55. The summed E-state index contributed by atoms with van der Waals surface area (Å²) in [5.41, 5.74) is 2.15. The number of halogens is 3. The van der Waals surface area contributed by atoms with Gasteiger partial charge in [0.2, 0.25) is 5.91 Å². The standard InChI is InChI=1S/C30H44F3N5O/c1-29(2,3)22-6-9-24(10-7-22)35-25-12-17-37(18-13-25)16-4-5-28(39)38-19-14-26(15-20-38)36-27-11-8-23(21-34-27)30(31,32)33/h6-7,9-10,21,25-26,35H,4-5,8,11-20H2,1-3H3,(H,34,36). The van der Waals surface area contributed by atoms with E-state index in [9.17, 15) is 18.0 Å². The van der Waals surface area contributed by atoms with Gasteiger partial charge >= 0.3 is 6.18 Å². The first-order valence-corrected chi connectivity index (χ1v) is 14.4. The number of rotatable bonds is 7. The van der Waals surface area contributed by atoms with E-state index in [1.165, 1.54) is 11.3 Å². The highest BCUT2D eigenvalue weighted by Crippen LogP contribution is 2.30. The van der Waals surface area contributed by atoms with E-state index in [2.05, 4.69) is 65.6 Å². The van der Waals surface area contributed by atoms with Crippen molar-refractivity contribution in [2.75, 3.05) is 38.0 Å². The average Bonchev–Trinajstić information content (AvgIpc) is 2.90. The van der Waals surface area contributed by atoms with Crippen molar-refractivity contribution in [3.63, 3.8) is 0 Å². The number of nitrogens with one attached hydrogen (secondary N) is 2. The molecule has 1 amide bonds. The molecule has 6 nitrogen and oxygen atoms in total. The SMILES string of the molecule is CC(C)(C)c1ccc(NC2CCN(CCCC(=O)N3CCC(N=C4CCC(C(F)(F)F)=CN4)CC3)CC2)cc1. The number of aliphatic imine (C=N–C) groups is 1. The lowest BCUT2D eigenvalue weighted by Gasteiger charge is -2.33. The number of carbonyl (C=O) groups is 1. The van der Waals surface area contributed by atoms with Crippen molar-refractivity contribution in [1.82, 2.24) is 15.1 Å². The molecule has 0 radical (unpaired) electrons. The van der Waals surface area contributed by atoms with Gasteiger partial charge in [0, 0.05) is 62.5 Å². The van der Waals surface area contributed by atoms with Crippen LogP contribution < -0.4 is 10.6 Å². The van der Waals surface area contributed by atoms with Crippen LogP contribution in [0.4, 0.5) is 18.9 Å². The van der Waals surface area contributed by atoms with E-state index in [0.717, 1.165) is 57.9 Å². The third kappa shape index (κ3) is 8.72. The van der Waals surface area contributed by atoms with E-state index >= 15 is 0 Å². The minimum Gasteiger partial charge on any atom is -0.382 e. The number of nitrogens with zero attached hydrogens (tertiary/aromatic N) is 3. The van der Waals surface area contributed by atoms with Gasteiger partial charge in [-0.05, 0) is 68.2 Å². The summed E-state index contributed by atoms with van der Waals surface area (Å²) in [6.07, 6.45) is 2.14. The Morgan fingerprint density at radius 1 is 1.00 bits per heavy atom. The van der Waals surface area contributed by atoms with Gasteiger partial charge in [-0.25, -0.2) is 0 Å². The number of alkyl halides is 3. The number of piperidine rings is 2. The van der Waals surface area contributed by atoms with Gasteiger partial charge < -0.3 is 20.4 Å². The largest absolute Gasteiger partial charge is 0.414 e. The maximum absolute atomic E-state index is 12.8. The third-order valence-electron chi connectivity index (χ3n) is 8.14. The molecule has 0 spiro atoms. The van der Waals surface area contributed by atoms with Crippen LogP contribution in [-0.2, 0) is 10.2 Å². The number of benzene rings is 1. The highest BCUT2D eigenvalue weighted by molar-refractivity contribution is 5.84. The number of amidine groups is 1. The second-order valence-electron chi connectivity index (χ2n) is 12.2. The zero-order valence-electron chi connectivity index (χ0n) is 23.6. The summed E-state index contributed by atoms with van der Waals surface area (Å²) < 4.78 is 38.3. The Kier molecular flexibility index (Phi) is 9.62. The molecule has 3 heterocycles. The summed E-state index contributed by atoms with van der Waals surface area (Å²) in [6.45, 7) is 11.1. The second kappa shape index (κ2) is 12.7. The van der Waals surface area contributed by atoms with Gasteiger partial charge in [-0.1, -0.05) is 32.9 Å². The molecule has 0 aliphatic carbocycles. The van der Waals surface area contributed by atoms with Crippen molar-refractivity contribution < 1.29 is 18.0 Å². The highest BCUT2D eigenvalue weighted by atomic mass is 19.4. The van der Waals surface area contributed by atoms with Crippen molar-refractivity contribution in [2.24, 2.45) is 4.99 Å². The predicted octanol–water partition coefficient (Wildman–Crippen LogP) is 5.86. The summed E-state index contributed by atoms with van der Waals surface area (Å²) in [7, 11) is 0. The maximum Gasteiger partial charge on any atom is 0.414 e. The molecule has 2 fully saturated rings. The molecule has 2 saturated heterocycles. The van der Waals surface area contributed by atoms with Gasteiger partial charge in [0.25, 0.3) is 0 Å². The van der Waals surface area contributed by atoms with Crippen molar-refractivity contribution in [3.8, 4) is 0 Å². The molecule has 9 heteroatoms. The van der Waals surface area contributed by atoms with Crippen LogP contribution in [0, 0.1) is 0 Å². The average molecular weight is 548 g/mol. The molecule has 0 saturated carbocycles. The van der Waals surface area contributed by atoms with Crippen molar-refractivity contribution >= 4 is 17.4 Å². The first kappa shape index (κ1) is 29.4. The number of hydrogen-bond donors (Lipinski definition) is 2. The lowest BCUT2D eigenvalue weighted by atomic mass is 9.87. The molecular formula is C30H44F3N5O. The fourth-order valence-electron chi connectivity index (χ4n) is 5.57. The van der Waals surface area contributed by atoms with Crippen LogP contribution in [0.2, 0.25) is 0 Å². The van der Waals surface area contributed by atoms with E-state index in [4.69, 9.17) is 0 Å². The van der Waals surface area contributed by atoms with Crippen molar-refractivity contribution in [1.29, 1.82) is 0 Å². The molecule has 3 aliphatic rings. The van der Waals surface area contributed by atoms with E-state index in [-0.39, 0.29) is 30.2 Å². The molecule has 0 aromatic heterocycles. The van der Waals surface area contributed by atoms with Crippen molar-refractivity contribution in [2.45, 2.75) is 95.8 Å². The maximum atomic E-state index is 12.8. The number of anilines is 1. The van der Waals surface area contributed by atoms with Crippen LogP contribution in [0.15, 0.2) is 41.0 Å². The van der Waals surface area contributed by atoms with Crippen LogP contribution in [0.1, 0.15) is 77.7 Å². The van der Waals surface area contributed by atoms with Gasteiger partial charge in [-0.15, -0.1) is 0 Å². The van der Waals surface area contributed by atoms with Crippen LogP contribution >= 0.6 is 0 Å². The summed E-state index contributed by atoms with van der Waals surface area (Å²) in [5.74, 6) is 0.815. The fraction of sp³-hybridized carbons (Fsp3) is 0.667. The minimum absolute atomic E-state index is 0.0354. The number of allylic oxidation sites excluding steroid dienone is 1. The molecule has 1 aromatic rings. The Bertz CT molecular complexity index is 1010. The van der Waals surface area contributed by atoms with E-state index in [1.807, 2.05) is 4.90 Å². The van der Waals surface area contributed by atoms with Gasteiger partial charge in [0.15, 0.2) is 0 Å². The summed E-state index contributed by atoms with van der Waals surface area (Å²) >= 11 is 0. The molecule has 0 bridgehead atoms. The Morgan fingerprint density at radius 2 is 1.67 bits per heavy atom. The number of hydrogen-bond acceptors (Lipinski definition) is 4. The van der Waals surface area contributed by atoms with Crippen LogP contribution in [0.25, 0.3) is 0 Å². The van der Waals surface area contributed by atoms with Crippen molar-refractivity contribution in [3.05, 3.63) is 41.6 Å². The normalized spacial score (nSPS) is 21.5.